The maximum absolute atomic E-state index is 12.7. The number of carbonyl (C=O) groups excluding carboxylic acids is 3. The molecule has 1 atom stereocenters. The molecule has 2 N–H and O–H groups in total. The molecule has 1 aromatic heterocycles. The van der Waals surface area contributed by atoms with Gasteiger partial charge in [-0.25, -0.2) is 9.59 Å². The van der Waals surface area contributed by atoms with Crippen LogP contribution < -0.4 is 5.32 Å². The SMILES string of the molecule is CCNC(=O)N(C)[C@@H](C)C(=O)c1c(C)[nH]c(C(=O)OC)c1C. The van der Waals surface area contributed by atoms with Crippen molar-refractivity contribution in [2.24, 2.45) is 0 Å². The summed E-state index contributed by atoms with van der Waals surface area (Å²) in [6.07, 6.45) is 0. The summed E-state index contributed by atoms with van der Waals surface area (Å²) in [4.78, 5) is 40.4. The predicted octanol–water partition coefficient (Wildman–Crippen LogP) is 1.65. The molecule has 0 bridgehead atoms. The van der Waals surface area contributed by atoms with Crippen LogP contribution in [0, 0.1) is 13.8 Å². The third-order valence-corrected chi connectivity index (χ3v) is 3.68. The second kappa shape index (κ2) is 7.11. The molecule has 0 aromatic carbocycles. The highest BCUT2D eigenvalue weighted by atomic mass is 16.5. The number of carbonyl (C=O) groups is 3. The van der Waals surface area contributed by atoms with Gasteiger partial charge in [0.05, 0.1) is 13.2 Å². The lowest BCUT2D eigenvalue weighted by Gasteiger charge is -2.24. The first-order chi connectivity index (χ1) is 10.3. The van der Waals surface area contributed by atoms with Gasteiger partial charge < -0.3 is 19.9 Å². The van der Waals surface area contributed by atoms with Crippen molar-refractivity contribution >= 4 is 17.8 Å². The van der Waals surface area contributed by atoms with Crippen LogP contribution in [0.1, 0.15) is 46.0 Å². The number of rotatable bonds is 5. The van der Waals surface area contributed by atoms with Crippen molar-refractivity contribution in [3.63, 3.8) is 0 Å². The number of aryl methyl sites for hydroxylation is 1. The first-order valence-corrected chi connectivity index (χ1v) is 7.08. The number of hydrogen-bond donors (Lipinski definition) is 2. The van der Waals surface area contributed by atoms with E-state index in [2.05, 4.69) is 15.0 Å². The molecule has 2 amide bonds. The molecule has 1 heterocycles. The molecule has 122 valence electrons. The van der Waals surface area contributed by atoms with Crippen LogP contribution in [0.25, 0.3) is 0 Å². The predicted molar refractivity (Wildman–Crippen MR) is 82.2 cm³/mol. The van der Waals surface area contributed by atoms with Crippen molar-refractivity contribution in [1.82, 2.24) is 15.2 Å². The Bertz CT molecular complexity index is 592. The molecule has 22 heavy (non-hydrogen) atoms. The Hall–Kier alpha value is -2.31. The molecule has 0 aliphatic heterocycles. The Morgan fingerprint density at radius 1 is 1.32 bits per heavy atom. The van der Waals surface area contributed by atoms with Gasteiger partial charge in [-0.1, -0.05) is 0 Å². The Kier molecular flexibility index (Phi) is 5.73. The topological polar surface area (TPSA) is 91.5 Å². The number of hydrogen-bond acceptors (Lipinski definition) is 4. The number of nitrogens with zero attached hydrogens (tertiary/aromatic N) is 1. The number of urea groups is 1. The summed E-state index contributed by atoms with van der Waals surface area (Å²) in [5, 5.41) is 2.65. The Morgan fingerprint density at radius 3 is 2.41 bits per heavy atom. The Morgan fingerprint density at radius 2 is 1.91 bits per heavy atom. The monoisotopic (exact) mass is 309 g/mol. The summed E-state index contributed by atoms with van der Waals surface area (Å²) in [5.41, 5.74) is 1.80. The lowest BCUT2D eigenvalue weighted by Crippen LogP contribution is -2.45. The van der Waals surface area contributed by atoms with Gasteiger partial charge in [0, 0.05) is 24.8 Å². The molecule has 0 radical (unpaired) electrons. The summed E-state index contributed by atoms with van der Waals surface area (Å²) in [6.45, 7) is 7.34. The summed E-state index contributed by atoms with van der Waals surface area (Å²) in [6, 6.07) is -0.965. The van der Waals surface area contributed by atoms with E-state index in [1.165, 1.54) is 12.0 Å². The van der Waals surface area contributed by atoms with Crippen LogP contribution in [0.15, 0.2) is 0 Å². The maximum atomic E-state index is 12.7. The van der Waals surface area contributed by atoms with Crippen molar-refractivity contribution in [3.8, 4) is 0 Å². The van der Waals surface area contributed by atoms with Crippen molar-refractivity contribution in [3.05, 3.63) is 22.5 Å². The molecule has 0 saturated heterocycles. The molecule has 0 aliphatic carbocycles. The first kappa shape index (κ1) is 17.7. The minimum atomic E-state index is -0.648. The highest BCUT2D eigenvalue weighted by molar-refractivity contribution is 6.06. The van der Waals surface area contributed by atoms with Gasteiger partial charge in [-0.15, -0.1) is 0 Å². The molecule has 7 nitrogen and oxygen atoms in total. The number of methoxy groups -OCH3 is 1. The minimum Gasteiger partial charge on any atom is -0.464 e. The number of likely N-dealkylation sites (N-methyl/N-ethyl adjacent to an activating group) is 1. The fraction of sp³-hybridized carbons (Fsp3) is 0.533. The lowest BCUT2D eigenvalue weighted by atomic mass is 10.0. The molecular weight excluding hydrogens is 286 g/mol. The zero-order valence-electron chi connectivity index (χ0n) is 13.9. The summed E-state index contributed by atoms with van der Waals surface area (Å²) >= 11 is 0. The fourth-order valence-electron chi connectivity index (χ4n) is 2.26. The number of ether oxygens (including phenoxy) is 1. The summed E-state index contributed by atoms with van der Waals surface area (Å²) in [7, 11) is 2.84. The van der Waals surface area contributed by atoms with Gasteiger partial charge in [0.1, 0.15) is 5.69 Å². The normalized spacial score (nSPS) is 11.7. The van der Waals surface area contributed by atoms with E-state index in [9.17, 15) is 14.4 Å². The van der Waals surface area contributed by atoms with Crippen LogP contribution in [-0.4, -0.2) is 54.4 Å². The van der Waals surface area contributed by atoms with Crippen LogP contribution >= 0.6 is 0 Å². The van der Waals surface area contributed by atoms with Crippen LogP contribution in [0.3, 0.4) is 0 Å². The van der Waals surface area contributed by atoms with Crippen molar-refractivity contribution in [1.29, 1.82) is 0 Å². The number of aromatic nitrogens is 1. The van der Waals surface area contributed by atoms with Crippen LogP contribution in [0.4, 0.5) is 4.79 Å². The second-order valence-electron chi connectivity index (χ2n) is 5.10. The summed E-state index contributed by atoms with van der Waals surface area (Å²) < 4.78 is 4.69. The average Bonchev–Trinajstić information content (AvgIpc) is 2.79. The number of aromatic amines is 1. The second-order valence-corrected chi connectivity index (χ2v) is 5.10. The molecule has 1 rings (SSSR count). The number of amides is 2. The number of Topliss-reactive ketones (excluding diaryl/α,β-unsaturated/α-hetero) is 1. The van der Waals surface area contributed by atoms with Crippen LogP contribution in [0.5, 0.6) is 0 Å². The highest BCUT2D eigenvalue weighted by Gasteiger charge is 2.29. The van der Waals surface area contributed by atoms with Crippen molar-refractivity contribution in [2.45, 2.75) is 33.7 Å². The van der Waals surface area contributed by atoms with E-state index in [-0.39, 0.29) is 17.5 Å². The van der Waals surface area contributed by atoms with E-state index in [4.69, 9.17) is 0 Å². The number of H-pyrrole nitrogens is 1. The number of esters is 1. The van der Waals surface area contributed by atoms with Crippen molar-refractivity contribution in [2.75, 3.05) is 20.7 Å². The molecule has 1 aromatic rings. The lowest BCUT2D eigenvalue weighted by molar-refractivity contribution is 0.0594. The summed E-state index contributed by atoms with van der Waals surface area (Å²) in [5.74, 6) is -0.750. The Labute approximate surface area is 130 Å². The molecule has 0 aliphatic rings. The Balaban J connectivity index is 3.10. The third kappa shape index (κ3) is 3.29. The van der Waals surface area contributed by atoms with E-state index in [0.29, 0.717) is 23.4 Å². The quantitative estimate of drug-likeness (QED) is 0.639. The van der Waals surface area contributed by atoms with Crippen LogP contribution in [-0.2, 0) is 4.74 Å². The zero-order valence-corrected chi connectivity index (χ0v) is 13.9. The van der Waals surface area contributed by atoms with E-state index >= 15 is 0 Å². The number of ketones is 1. The van der Waals surface area contributed by atoms with Gasteiger partial charge in [-0.05, 0) is 33.3 Å². The first-order valence-electron chi connectivity index (χ1n) is 7.08. The van der Waals surface area contributed by atoms with E-state index in [1.807, 2.05) is 0 Å². The zero-order chi connectivity index (χ0) is 17.0. The molecule has 0 spiro atoms. The molecule has 0 saturated carbocycles. The van der Waals surface area contributed by atoms with Gasteiger partial charge in [0.15, 0.2) is 5.78 Å². The number of nitrogens with one attached hydrogen (secondary N) is 2. The van der Waals surface area contributed by atoms with Gasteiger partial charge in [-0.3, -0.25) is 4.79 Å². The van der Waals surface area contributed by atoms with Gasteiger partial charge in [0.25, 0.3) is 0 Å². The van der Waals surface area contributed by atoms with Gasteiger partial charge in [-0.2, -0.15) is 0 Å². The standard InChI is InChI=1S/C15H23N3O4/c1-7-16-15(21)18(5)10(4)13(19)11-8(2)12(14(20)22-6)17-9(11)3/h10,17H,7H2,1-6H3,(H,16,21)/t10-/m0/s1. The molecule has 0 fully saturated rings. The van der Waals surface area contributed by atoms with Crippen LogP contribution in [0.2, 0.25) is 0 Å². The smallest absolute Gasteiger partial charge is 0.354 e. The fourth-order valence-corrected chi connectivity index (χ4v) is 2.26. The van der Waals surface area contributed by atoms with Gasteiger partial charge >= 0.3 is 12.0 Å². The largest absolute Gasteiger partial charge is 0.464 e. The molecular formula is C15H23N3O4. The van der Waals surface area contributed by atoms with Crippen molar-refractivity contribution < 1.29 is 19.1 Å². The van der Waals surface area contributed by atoms with E-state index < -0.39 is 12.0 Å². The maximum Gasteiger partial charge on any atom is 0.354 e. The van der Waals surface area contributed by atoms with E-state index in [1.54, 1.807) is 34.7 Å². The van der Waals surface area contributed by atoms with E-state index in [0.717, 1.165) is 0 Å². The minimum absolute atomic E-state index is 0.227. The van der Waals surface area contributed by atoms with Gasteiger partial charge in [0.2, 0.25) is 0 Å². The molecule has 7 heteroatoms. The average molecular weight is 309 g/mol. The molecule has 0 unspecified atom stereocenters. The highest BCUT2D eigenvalue weighted by Crippen LogP contribution is 2.21. The third-order valence-electron chi connectivity index (χ3n) is 3.68.